The molecule has 0 aliphatic heterocycles. The Labute approximate surface area is 116 Å². The number of benzene rings is 1. The molecule has 1 aromatic carbocycles. The fraction of sp³-hybridized carbons (Fsp3) is 0. The third-order valence-electron chi connectivity index (χ3n) is 2.57. The van der Waals surface area contributed by atoms with Crippen molar-refractivity contribution in [1.29, 1.82) is 0 Å². The molecular formula is C12H8BrClN4. The van der Waals surface area contributed by atoms with Gasteiger partial charge in [0.1, 0.15) is 5.82 Å². The summed E-state index contributed by atoms with van der Waals surface area (Å²) in [7, 11) is 0. The number of hydrogen-bond acceptors (Lipinski definition) is 3. The first-order valence-electron chi connectivity index (χ1n) is 5.20. The van der Waals surface area contributed by atoms with Crippen LogP contribution in [-0.4, -0.2) is 15.0 Å². The average molecular weight is 324 g/mol. The molecule has 0 aliphatic rings. The molecule has 18 heavy (non-hydrogen) atoms. The van der Waals surface area contributed by atoms with Crippen LogP contribution >= 0.6 is 27.5 Å². The molecule has 6 heteroatoms. The third kappa shape index (κ3) is 1.95. The van der Waals surface area contributed by atoms with E-state index in [2.05, 4.69) is 30.9 Å². The Morgan fingerprint density at radius 2 is 2.11 bits per heavy atom. The molecule has 0 bridgehead atoms. The largest absolute Gasteiger partial charge is 0.398 e. The number of nitrogens with one attached hydrogen (secondary N) is 1. The van der Waals surface area contributed by atoms with Gasteiger partial charge in [-0.15, -0.1) is 0 Å². The van der Waals surface area contributed by atoms with Gasteiger partial charge in [-0.1, -0.05) is 11.6 Å². The topological polar surface area (TPSA) is 67.6 Å². The summed E-state index contributed by atoms with van der Waals surface area (Å²) >= 11 is 9.26. The van der Waals surface area contributed by atoms with Crippen molar-refractivity contribution in [2.45, 2.75) is 0 Å². The number of halogens is 2. The van der Waals surface area contributed by atoms with Crippen LogP contribution in [0.5, 0.6) is 0 Å². The molecule has 0 saturated carbocycles. The van der Waals surface area contributed by atoms with Gasteiger partial charge in [0.25, 0.3) is 0 Å². The molecule has 2 aromatic heterocycles. The SMILES string of the molecule is Nc1cc(-c2nc3ncc(Br)cc3[nH]2)ccc1Cl. The van der Waals surface area contributed by atoms with Crippen molar-refractivity contribution in [3.05, 3.63) is 40.0 Å². The summed E-state index contributed by atoms with van der Waals surface area (Å²) in [4.78, 5) is 11.8. The summed E-state index contributed by atoms with van der Waals surface area (Å²) in [5.74, 6) is 0.721. The van der Waals surface area contributed by atoms with E-state index in [0.29, 0.717) is 16.4 Å². The number of H-pyrrole nitrogens is 1. The van der Waals surface area contributed by atoms with E-state index in [0.717, 1.165) is 21.4 Å². The molecule has 4 nitrogen and oxygen atoms in total. The number of nitrogens with two attached hydrogens (primary N) is 1. The lowest BCUT2D eigenvalue weighted by Crippen LogP contribution is -1.88. The van der Waals surface area contributed by atoms with E-state index in [9.17, 15) is 0 Å². The van der Waals surface area contributed by atoms with E-state index < -0.39 is 0 Å². The van der Waals surface area contributed by atoms with Crippen molar-refractivity contribution in [2.24, 2.45) is 0 Å². The predicted molar refractivity (Wildman–Crippen MR) is 76.4 cm³/mol. The standard InChI is InChI=1S/C12H8BrClN4/c13-7-4-10-12(16-5-7)18-11(17-10)6-1-2-8(14)9(15)3-6/h1-5H,15H2,(H,16,17,18). The van der Waals surface area contributed by atoms with Gasteiger partial charge < -0.3 is 10.7 Å². The first-order chi connectivity index (χ1) is 8.63. The van der Waals surface area contributed by atoms with Crippen molar-refractivity contribution >= 4 is 44.4 Å². The highest BCUT2D eigenvalue weighted by atomic mass is 79.9. The Bertz CT molecular complexity index is 738. The number of fused-ring (bicyclic) bond motifs is 1. The average Bonchev–Trinajstić information content (AvgIpc) is 2.75. The van der Waals surface area contributed by atoms with Gasteiger partial charge in [-0.3, -0.25) is 0 Å². The molecular weight excluding hydrogens is 316 g/mol. The molecule has 3 N–H and O–H groups in total. The molecule has 0 aliphatic carbocycles. The van der Waals surface area contributed by atoms with E-state index in [4.69, 9.17) is 17.3 Å². The minimum Gasteiger partial charge on any atom is -0.398 e. The van der Waals surface area contributed by atoms with Crippen molar-refractivity contribution in [3.63, 3.8) is 0 Å². The van der Waals surface area contributed by atoms with E-state index in [1.54, 1.807) is 18.3 Å². The lowest BCUT2D eigenvalue weighted by molar-refractivity contribution is 1.30. The normalized spacial score (nSPS) is 11.0. The number of pyridine rings is 1. The zero-order valence-electron chi connectivity index (χ0n) is 9.11. The minimum atomic E-state index is 0.531. The third-order valence-corrected chi connectivity index (χ3v) is 3.35. The maximum Gasteiger partial charge on any atom is 0.178 e. The van der Waals surface area contributed by atoms with Crippen LogP contribution in [0.1, 0.15) is 0 Å². The molecule has 3 aromatic rings. The molecule has 0 unspecified atom stereocenters. The Balaban J connectivity index is 2.16. The number of nitrogens with zero attached hydrogens (tertiary/aromatic N) is 2. The molecule has 0 atom stereocenters. The number of aromatic amines is 1. The first kappa shape index (κ1) is 11.5. The first-order valence-corrected chi connectivity index (χ1v) is 6.37. The van der Waals surface area contributed by atoms with Crippen LogP contribution < -0.4 is 5.73 Å². The summed E-state index contributed by atoms with van der Waals surface area (Å²) in [6.45, 7) is 0. The Kier molecular flexibility index (Phi) is 2.72. The number of imidazole rings is 1. The highest BCUT2D eigenvalue weighted by Crippen LogP contribution is 2.26. The molecule has 90 valence electrons. The molecule has 3 rings (SSSR count). The fourth-order valence-electron chi connectivity index (χ4n) is 1.70. The monoisotopic (exact) mass is 322 g/mol. The lowest BCUT2D eigenvalue weighted by atomic mass is 10.2. The maximum atomic E-state index is 5.89. The number of rotatable bonds is 1. The van der Waals surface area contributed by atoms with Crippen LogP contribution in [0.4, 0.5) is 5.69 Å². The second-order valence-electron chi connectivity index (χ2n) is 3.85. The van der Waals surface area contributed by atoms with Crippen LogP contribution in [0.3, 0.4) is 0 Å². The quantitative estimate of drug-likeness (QED) is 0.672. The van der Waals surface area contributed by atoms with Gasteiger partial charge >= 0.3 is 0 Å². The van der Waals surface area contributed by atoms with Crippen LogP contribution in [0.15, 0.2) is 34.9 Å². The van der Waals surface area contributed by atoms with Crippen LogP contribution in [-0.2, 0) is 0 Å². The van der Waals surface area contributed by atoms with Gasteiger partial charge in [0.2, 0.25) is 0 Å². The van der Waals surface area contributed by atoms with Crippen LogP contribution in [0.25, 0.3) is 22.6 Å². The zero-order valence-corrected chi connectivity index (χ0v) is 11.5. The van der Waals surface area contributed by atoms with Gasteiger partial charge in [0.15, 0.2) is 5.65 Å². The molecule has 0 amide bonds. The highest BCUT2D eigenvalue weighted by molar-refractivity contribution is 9.10. The van der Waals surface area contributed by atoms with Crippen LogP contribution in [0, 0.1) is 0 Å². The number of anilines is 1. The second-order valence-corrected chi connectivity index (χ2v) is 5.17. The summed E-state index contributed by atoms with van der Waals surface area (Å²) in [6, 6.07) is 7.33. The van der Waals surface area contributed by atoms with Gasteiger partial charge in [0.05, 0.1) is 16.2 Å². The summed E-state index contributed by atoms with van der Waals surface area (Å²) in [6.07, 6.45) is 1.71. The van der Waals surface area contributed by atoms with Gasteiger partial charge in [-0.2, -0.15) is 0 Å². The Hall–Kier alpha value is -1.59. The highest BCUT2D eigenvalue weighted by Gasteiger charge is 2.08. The van der Waals surface area contributed by atoms with E-state index in [-0.39, 0.29) is 0 Å². The van der Waals surface area contributed by atoms with Gasteiger partial charge in [-0.25, -0.2) is 9.97 Å². The van der Waals surface area contributed by atoms with Crippen molar-refractivity contribution in [2.75, 3.05) is 5.73 Å². The maximum absolute atomic E-state index is 5.89. The smallest absolute Gasteiger partial charge is 0.178 e. The number of nitrogen functional groups attached to an aromatic ring is 1. The summed E-state index contributed by atoms with van der Waals surface area (Å²) in [5, 5.41) is 0.538. The molecule has 0 spiro atoms. The second kappa shape index (κ2) is 4.26. The van der Waals surface area contributed by atoms with Crippen molar-refractivity contribution in [1.82, 2.24) is 15.0 Å². The van der Waals surface area contributed by atoms with Crippen LogP contribution in [0.2, 0.25) is 5.02 Å². The van der Waals surface area contributed by atoms with Gasteiger partial charge in [-0.05, 0) is 40.2 Å². The van der Waals surface area contributed by atoms with Crippen molar-refractivity contribution in [3.8, 4) is 11.4 Å². The summed E-state index contributed by atoms with van der Waals surface area (Å²) < 4.78 is 0.904. The minimum absolute atomic E-state index is 0.531. The molecule has 2 heterocycles. The Morgan fingerprint density at radius 3 is 2.89 bits per heavy atom. The predicted octanol–water partition coefficient (Wildman–Crippen LogP) is 3.62. The van der Waals surface area contributed by atoms with E-state index in [1.165, 1.54) is 0 Å². The van der Waals surface area contributed by atoms with Crippen molar-refractivity contribution < 1.29 is 0 Å². The van der Waals surface area contributed by atoms with E-state index in [1.807, 2.05) is 12.1 Å². The van der Waals surface area contributed by atoms with Gasteiger partial charge in [0, 0.05) is 16.2 Å². The number of hydrogen-bond donors (Lipinski definition) is 2. The molecule has 0 saturated heterocycles. The lowest BCUT2D eigenvalue weighted by Gasteiger charge is -2.00. The fourth-order valence-corrected chi connectivity index (χ4v) is 2.15. The molecule has 0 radical (unpaired) electrons. The zero-order chi connectivity index (χ0) is 12.7. The summed E-state index contributed by atoms with van der Waals surface area (Å²) in [5.41, 5.74) is 8.73. The van der Waals surface area contributed by atoms with E-state index >= 15 is 0 Å². The molecule has 0 fully saturated rings. The Morgan fingerprint density at radius 1 is 1.28 bits per heavy atom. The number of aromatic nitrogens is 3.